The number of benzene rings is 2. The molecule has 1 unspecified atom stereocenters. The highest BCUT2D eigenvalue weighted by molar-refractivity contribution is 9.10. The molecule has 2 aromatic carbocycles. The van der Waals surface area contributed by atoms with E-state index in [2.05, 4.69) is 53.3 Å². The molecule has 2 rings (SSSR count). The molecule has 0 fully saturated rings. The van der Waals surface area contributed by atoms with Crippen molar-refractivity contribution in [1.82, 2.24) is 5.32 Å². The number of aryl methyl sites for hydroxylation is 2. The molecule has 1 nitrogen and oxygen atoms in total. The molecule has 1 N–H and O–H groups in total. The lowest BCUT2D eigenvalue weighted by Gasteiger charge is -2.18. The van der Waals surface area contributed by atoms with Crippen LogP contribution in [0, 0.1) is 19.7 Å². The van der Waals surface area contributed by atoms with E-state index in [1.165, 1.54) is 22.8 Å². The first-order valence-electron chi connectivity index (χ1n) is 6.69. The topological polar surface area (TPSA) is 12.0 Å². The first kappa shape index (κ1) is 15.2. The van der Waals surface area contributed by atoms with Gasteiger partial charge in [0.2, 0.25) is 0 Å². The summed E-state index contributed by atoms with van der Waals surface area (Å²) in [5.74, 6) is -0.213. The normalized spacial score (nSPS) is 12.4. The Hall–Kier alpha value is -1.19. The van der Waals surface area contributed by atoms with Crippen molar-refractivity contribution in [1.29, 1.82) is 0 Å². The van der Waals surface area contributed by atoms with Gasteiger partial charge in [0.05, 0.1) is 0 Å². The summed E-state index contributed by atoms with van der Waals surface area (Å²) in [4.78, 5) is 0. The Labute approximate surface area is 128 Å². The second-order valence-electron chi connectivity index (χ2n) is 5.17. The van der Waals surface area contributed by atoms with Crippen LogP contribution >= 0.6 is 15.9 Å². The van der Waals surface area contributed by atoms with Gasteiger partial charge in [0, 0.05) is 10.5 Å². The van der Waals surface area contributed by atoms with Crippen molar-refractivity contribution in [2.45, 2.75) is 26.3 Å². The zero-order chi connectivity index (χ0) is 14.7. The lowest BCUT2D eigenvalue weighted by atomic mass is 9.96. The van der Waals surface area contributed by atoms with Crippen molar-refractivity contribution in [2.24, 2.45) is 0 Å². The van der Waals surface area contributed by atoms with Gasteiger partial charge in [-0.25, -0.2) is 4.39 Å². The van der Waals surface area contributed by atoms with Crippen LogP contribution in [0.5, 0.6) is 0 Å². The summed E-state index contributed by atoms with van der Waals surface area (Å²) >= 11 is 3.35. The maximum Gasteiger partial charge on any atom is 0.124 e. The molecular weight excluding hydrogens is 317 g/mol. The summed E-state index contributed by atoms with van der Waals surface area (Å²) in [6.07, 6.45) is 0.841. The Morgan fingerprint density at radius 2 is 1.85 bits per heavy atom. The van der Waals surface area contributed by atoms with Crippen LogP contribution in [-0.4, -0.2) is 7.05 Å². The molecule has 0 bridgehead atoms. The summed E-state index contributed by atoms with van der Waals surface area (Å²) in [5, 5.41) is 3.27. The van der Waals surface area contributed by atoms with E-state index in [4.69, 9.17) is 0 Å². The van der Waals surface area contributed by atoms with E-state index in [9.17, 15) is 4.39 Å². The molecule has 0 spiro atoms. The first-order valence-corrected chi connectivity index (χ1v) is 7.48. The Balaban J connectivity index is 2.26. The van der Waals surface area contributed by atoms with Crippen LogP contribution in [0.3, 0.4) is 0 Å². The minimum atomic E-state index is -0.213. The molecule has 0 amide bonds. The van der Waals surface area contributed by atoms with Crippen LogP contribution in [-0.2, 0) is 6.42 Å². The molecule has 0 aromatic heterocycles. The molecule has 0 aliphatic heterocycles. The average molecular weight is 336 g/mol. The molecule has 0 aliphatic carbocycles. The number of rotatable bonds is 4. The summed E-state index contributed by atoms with van der Waals surface area (Å²) in [6, 6.07) is 11.6. The standard InChI is InChI=1S/C17H19BrFN/c1-11-4-5-13(6-12(11)2)7-17(20-3)14-8-15(18)10-16(19)9-14/h4-6,8-10,17,20H,7H2,1-3H3. The molecule has 0 saturated carbocycles. The van der Waals surface area contributed by atoms with Crippen molar-refractivity contribution < 1.29 is 4.39 Å². The molecule has 2 aromatic rings. The third-order valence-electron chi connectivity index (χ3n) is 3.65. The van der Waals surface area contributed by atoms with E-state index in [0.717, 1.165) is 16.5 Å². The summed E-state index contributed by atoms with van der Waals surface area (Å²) < 4.78 is 14.3. The fourth-order valence-corrected chi connectivity index (χ4v) is 2.81. The highest BCUT2D eigenvalue weighted by Gasteiger charge is 2.12. The van der Waals surface area contributed by atoms with Gasteiger partial charge in [0.15, 0.2) is 0 Å². The van der Waals surface area contributed by atoms with Crippen LogP contribution < -0.4 is 5.32 Å². The molecular formula is C17H19BrFN. The molecule has 1 atom stereocenters. The number of hydrogen-bond donors (Lipinski definition) is 1. The van der Waals surface area contributed by atoms with Gasteiger partial charge in [-0.2, -0.15) is 0 Å². The summed E-state index contributed by atoms with van der Waals surface area (Å²) in [6.45, 7) is 4.23. The highest BCUT2D eigenvalue weighted by Crippen LogP contribution is 2.24. The number of halogens is 2. The lowest BCUT2D eigenvalue weighted by molar-refractivity contribution is 0.576. The van der Waals surface area contributed by atoms with E-state index in [1.807, 2.05) is 13.1 Å². The zero-order valence-electron chi connectivity index (χ0n) is 12.0. The molecule has 0 aliphatic rings. The van der Waals surface area contributed by atoms with Gasteiger partial charge >= 0.3 is 0 Å². The van der Waals surface area contributed by atoms with Crippen LogP contribution in [0.15, 0.2) is 40.9 Å². The Kier molecular flexibility index (Phi) is 4.95. The van der Waals surface area contributed by atoms with Crippen LogP contribution in [0.2, 0.25) is 0 Å². The number of likely N-dealkylation sites (N-methyl/N-ethyl adjacent to an activating group) is 1. The minimum Gasteiger partial charge on any atom is -0.313 e. The van der Waals surface area contributed by atoms with Crippen LogP contribution in [0.1, 0.15) is 28.3 Å². The monoisotopic (exact) mass is 335 g/mol. The average Bonchev–Trinajstić information content (AvgIpc) is 2.38. The highest BCUT2D eigenvalue weighted by atomic mass is 79.9. The van der Waals surface area contributed by atoms with Crippen molar-refractivity contribution >= 4 is 15.9 Å². The molecule has 106 valence electrons. The van der Waals surface area contributed by atoms with Gasteiger partial charge in [0.1, 0.15) is 5.82 Å². The minimum absolute atomic E-state index is 0.101. The second-order valence-corrected chi connectivity index (χ2v) is 6.08. The number of nitrogens with one attached hydrogen (secondary N) is 1. The van der Waals surface area contributed by atoms with E-state index in [-0.39, 0.29) is 11.9 Å². The van der Waals surface area contributed by atoms with Gasteiger partial charge in [0.25, 0.3) is 0 Å². The predicted octanol–water partition coefficient (Wildman–Crippen LogP) is 4.71. The van der Waals surface area contributed by atoms with E-state index < -0.39 is 0 Å². The van der Waals surface area contributed by atoms with E-state index in [1.54, 1.807) is 6.07 Å². The van der Waals surface area contributed by atoms with Gasteiger partial charge in [-0.05, 0) is 67.8 Å². The molecule has 0 heterocycles. The third-order valence-corrected chi connectivity index (χ3v) is 4.10. The van der Waals surface area contributed by atoms with Gasteiger partial charge < -0.3 is 5.32 Å². The van der Waals surface area contributed by atoms with Gasteiger partial charge in [-0.1, -0.05) is 34.1 Å². The van der Waals surface area contributed by atoms with Crippen molar-refractivity contribution in [3.05, 3.63) is 68.9 Å². The summed E-state index contributed by atoms with van der Waals surface area (Å²) in [7, 11) is 1.91. The fourth-order valence-electron chi connectivity index (χ4n) is 2.33. The number of hydrogen-bond acceptors (Lipinski definition) is 1. The largest absolute Gasteiger partial charge is 0.313 e. The van der Waals surface area contributed by atoms with E-state index in [0.29, 0.717) is 0 Å². The van der Waals surface area contributed by atoms with Crippen molar-refractivity contribution in [2.75, 3.05) is 7.05 Å². The molecule has 3 heteroatoms. The maximum atomic E-state index is 13.5. The fraction of sp³-hybridized carbons (Fsp3) is 0.294. The zero-order valence-corrected chi connectivity index (χ0v) is 13.6. The molecule has 20 heavy (non-hydrogen) atoms. The van der Waals surface area contributed by atoms with Crippen molar-refractivity contribution in [3.63, 3.8) is 0 Å². The smallest absolute Gasteiger partial charge is 0.124 e. The summed E-state index contributed by atoms with van der Waals surface area (Å²) in [5.41, 5.74) is 4.80. The Morgan fingerprint density at radius 1 is 1.10 bits per heavy atom. The van der Waals surface area contributed by atoms with E-state index >= 15 is 0 Å². The SMILES string of the molecule is CNC(Cc1ccc(C)c(C)c1)c1cc(F)cc(Br)c1. The van der Waals surface area contributed by atoms with Gasteiger partial charge in [-0.15, -0.1) is 0 Å². The Morgan fingerprint density at radius 3 is 2.45 bits per heavy atom. The molecule has 0 radical (unpaired) electrons. The van der Waals surface area contributed by atoms with Crippen LogP contribution in [0.25, 0.3) is 0 Å². The Bertz CT molecular complexity index is 590. The second kappa shape index (κ2) is 6.51. The quantitative estimate of drug-likeness (QED) is 0.853. The first-order chi connectivity index (χ1) is 9.49. The maximum absolute atomic E-state index is 13.5. The van der Waals surface area contributed by atoms with Crippen molar-refractivity contribution in [3.8, 4) is 0 Å². The third kappa shape index (κ3) is 3.68. The lowest BCUT2D eigenvalue weighted by Crippen LogP contribution is -2.19. The molecule has 0 saturated heterocycles. The van der Waals surface area contributed by atoms with Crippen LogP contribution in [0.4, 0.5) is 4.39 Å². The predicted molar refractivity (Wildman–Crippen MR) is 85.5 cm³/mol. The van der Waals surface area contributed by atoms with Gasteiger partial charge in [-0.3, -0.25) is 0 Å².